The SMILES string of the molecule is N#Cc1nc2cc(Cl)ccc2c(-c2ccc(Cl)cc2)c1O. The van der Waals surface area contributed by atoms with Gasteiger partial charge in [-0.15, -0.1) is 0 Å². The average molecular weight is 315 g/mol. The molecule has 0 aliphatic carbocycles. The van der Waals surface area contributed by atoms with Crippen LogP contribution in [-0.2, 0) is 0 Å². The van der Waals surface area contributed by atoms with Crippen LogP contribution in [0.2, 0.25) is 10.0 Å². The van der Waals surface area contributed by atoms with Gasteiger partial charge in [-0.2, -0.15) is 5.26 Å². The van der Waals surface area contributed by atoms with Crippen molar-refractivity contribution in [3.63, 3.8) is 0 Å². The summed E-state index contributed by atoms with van der Waals surface area (Å²) in [6.45, 7) is 0. The van der Waals surface area contributed by atoms with E-state index in [2.05, 4.69) is 4.98 Å². The molecule has 1 heterocycles. The lowest BCUT2D eigenvalue weighted by molar-refractivity contribution is 0.474. The average Bonchev–Trinajstić information content (AvgIpc) is 2.48. The molecule has 1 N–H and O–H groups in total. The number of aromatic nitrogens is 1. The van der Waals surface area contributed by atoms with Crippen molar-refractivity contribution in [2.24, 2.45) is 0 Å². The molecular weight excluding hydrogens is 307 g/mol. The van der Waals surface area contributed by atoms with Crippen molar-refractivity contribution in [1.82, 2.24) is 4.98 Å². The Hall–Kier alpha value is -2.28. The lowest BCUT2D eigenvalue weighted by Gasteiger charge is -2.10. The summed E-state index contributed by atoms with van der Waals surface area (Å²) >= 11 is 11.9. The highest BCUT2D eigenvalue weighted by Gasteiger charge is 2.16. The number of hydrogen-bond donors (Lipinski definition) is 1. The molecule has 0 unspecified atom stereocenters. The fraction of sp³-hybridized carbons (Fsp3) is 0. The molecule has 2 aromatic carbocycles. The summed E-state index contributed by atoms with van der Waals surface area (Å²) in [6.07, 6.45) is 0. The van der Waals surface area contributed by atoms with Gasteiger partial charge in [0.1, 0.15) is 6.07 Å². The maximum absolute atomic E-state index is 10.3. The number of hydrogen-bond acceptors (Lipinski definition) is 3. The molecule has 0 spiro atoms. The lowest BCUT2D eigenvalue weighted by Crippen LogP contribution is -1.91. The molecule has 5 heteroatoms. The molecule has 0 saturated carbocycles. The van der Waals surface area contributed by atoms with E-state index in [0.717, 1.165) is 10.9 Å². The first kappa shape index (κ1) is 13.7. The van der Waals surface area contributed by atoms with Gasteiger partial charge in [0.25, 0.3) is 0 Å². The Morgan fingerprint density at radius 3 is 2.33 bits per heavy atom. The van der Waals surface area contributed by atoms with Gasteiger partial charge in [0.05, 0.1) is 5.52 Å². The molecule has 0 aliphatic rings. The van der Waals surface area contributed by atoms with E-state index in [1.54, 1.807) is 42.5 Å². The minimum Gasteiger partial charge on any atom is -0.504 e. The maximum atomic E-state index is 10.3. The van der Waals surface area contributed by atoms with Gasteiger partial charge in [-0.3, -0.25) is 0 Å². The smallest absolute Gasteiger partial charge is 0.183 e. The molecule has 3 nitrogen and oxygen atoms in total. The Morgan fingerprint density at radius 1 is 1.00 bits per heavy atom. The molecule has 0 radical (unpaired) electrons. The van der Waals surface area contributed by atoms with Gasteiger partial charge in [-0.05, 0) is 29.8 Å². The molecule has 3 aromatic rings. The first-order valence-corrected chi connectivity index (χ1v) is 6.84. The van der Waals surface area contributed by atoms with Crippen molar-refractivity contribution in [3.8, 4) is 22.9 Å². The highest BCUT2D eigenvalue weighted by atomic mass is 35.5. The Balaban J connectivity index is 2.41. The van der Waals surface area contributed by atoms with Crippen LogP contribution in [0.3, 0.4) is 0 Å². The minimum atomic E-state index is -0.144. The number of rotatable bonds is 1. The zero-order valence-corrected chi connectivity index (χ0v) is 12.2. The van der Waals surface area contributed by atoms with Crippen LogP contribution >= 0.6 is 23.2 Å². The Labute approximate surface area is 131 Å². The van der Waals surface area contributed by atoms with E-state index in [-0.39, 0.29) is 11.4 Å². The summed E-state index contributed by atoms with van der Waals surface area (Å²) in [5, 5.41) is 21.3. The number of nitrogens with zero attached hydrogens (tertiary/aromatic N) is 2. The van der Waals surface area contributed by atoms with Crippen molar-refractivity contribution < 1.29 is 5.11 Å². The van der Waals surface area contributed by atoms with Gasteiger partial charge in [0.15, 0.2) is 11.4 Å². The Bertz CT molecular complexity index is 883. The molecule has 0 saturated heterocycles. The van der Waals surface area contributed by atoms with E-state index in [1.807, 2.05) is 6.07 Å². The third-order valence-electron chi connectivity index (χ3n) is 3.16. The van der Waals surface area contributed by atoms with E-state index in [0.29, 0.717) is 21.1 Å². The van der Waals surface area contributed by atoms with Crippen LogP contribution in [0.1, 0.15) is 5.69 Å². The van der Waals surface area contributed by atoms with Crippen molar-refractivity contribution in [1.29, 1.82) is 5.26 Å². The molecule has 0 amide bonds. The second-order valence-corrected chi connectivity index (χ2v) is 5.34. The van der Waals surface area contributed by atoms with Crippen LogP contribution < -0.4 is 0 Å². The van der Waals surface area contributed by atoms with Crippen LogP contribution in [0, 0.1) is 11.3 Å². The number of pyridine rings is 1. The standard InChI is InChI=1S/C16H8Cl2N2O/c17-10-3-1-9(2-4-10)15-12-6-5-11(18)7-13(12)20-14(8-19)16(15)21/h1-7,21H. The predicted octanol–water partition coefficient (Wildman–Crippen LogP) is 4.79. The van der Waals surface area contributed by atoms with Gasteiger partial charge in [0.2, 0.25) is 0 Å². The van der Waals surface area contributed by atoms with Crippen molar-refractivity contribution in [2.45, 2.75) is 0 Å². The Morgan fingerprint density at radius 2 is 1.67 bits per heavy atom. The predicted molar refractivity (Wildman–Crippen MR) is 83.6 cm³/mol. The van der Waals surface area contributed by atoms with Crippen LogP contribution in [0.25, 0.3) is 22.0 Å². The summed E-state index contributed by atoms with van der Waals surface area (Å²) in [7, 11) is 0. The van der Waals surface area contributed by atoms with Crippen LogP contribution in [0.15, 0.2) is 42.5 Å². The van der Waals surface area contributed by atoms with E-state index in [9.17, 15) is 5.11 Å². The summed E-state index contributed by atoms with van der Waals surface area (Å²) in [5.41, 5.74) is 1.82. The molecule has 1 aromatic heterocycles. The van der Waals surface area contributed by atoms with E-state index in [1.165, 1.54) is 0 Å². The quantitative estimate of drug-likeness (QED) is 0.702. The highest BCUT2D eigenvalue weighted by Crippen LogP contribution is 2.38. The summed E-state index contributed by atoms with van der Waals surface area (Å²) in [5.74, 6) is -0.144. The summed E-state index contributed by atoms with van der Waals surface area (Å²) in [4.78, 5) is 4.14. The molecule has 21 heavy (non-hydrogen) atoms. The fourth-order valence-electron chi connectivity index (χ4n) is 2.21. The number of halogens is 2. The van der Waals surface area contributed by atoms with Gasteiger partial charge in [-0.25, -0.2) is 4.98 Å². The fourth-order valence-corrected chi connectivity index (χ4v) is 2.51. The monoisotopic (exact) mass is 314 g/mol. The van der Waals surface area contributed by atoms with Crippen molar-refractivity contribution in [2.75, 3.05) is 0 Å². The maximum Gasteiger partial charge on any atom is 0.183 e. The van der Waals surface area contributed by atoms with E-state index >= 15 is 0 Å². The first-order chi connectivity index (χ1) is 10.1. The van der Waals surface area contributed by atoms with Crippen LogP contribution in [0.4, 0.5) is 0 Å². The molecule has 102 valence electrons. The van der Waals surface area contributed by atoms with E-state index < -0.39 is 0 Å². The van der Waals surface area contributed by atoms with Crippen LogP contribution in [-0.4, -0.2) is 10.1 Å². The number of benzene rings is 2. The van der Waals surface area contributed by atoms with Crippen LogP contribution in [0.5, 0.6) is 5.75 Å². The van der Waals surface area contributed by atoms with Gasteiger partial charge in [0, 0.05) is 21.0 Å². The minimum absolute atomic E-state index is 0.0327. The van der Waals surface area contributed by atoms with Crippen molar-refractivity contribution in [3.05, 3.63) is 58.2 Å². The van der Waals surface area contributed by atoms with Gasteiger partial charge in [-0.1, -0.05) is 41.4 Å². The lowest BCUT2D eigenvalue weighted by atomic mass is 9.99. The highest BCUT2D eigenvalue weighted by molar-refractivity contribution is 6.31. The topological polar surface area (TPSA) is 56.9 Å². The molecule has 0 fully saturated rings. The van der Waals surface area contributed by atoms with Gasteiger partial charge >= 0.3 is 0 Å². The Kier molecular flexibility index (Phi) is 3.42. The normalized spacial score (nSPS) is 10.5. The third-order valence-corrected chi connectivity index (χ3v) is 3.65. The molecule has 0 bridgehead atoms. The summed E-state index contributed by atoms with van der Waals surface area (Å²) < 4.78 is 0. The first-order valence-electron chi connectivity index (χ1n) is 6.08. The molecule has 3 rings (SSSR count). The van der Waals surface area contributed by atoms with Crippen molar-refractivity contribution >= 4 is 34.1 Å². The van der Waals surface area contributed by atoms with Gasteiger partial charge < -0.3 is 5.11 Å². The number of aromatic hydroxyl groups is 1. The summed E-state index contributed by atoms with van der Waals surface area (Å²) in [6, 6.07) is 14.1. The number of nitriles is 1. The third kappa shape index (κ3) is 2.40. The second kappa shape index (κ2) is 5.25. The zero-order valence-electron chi connectivity index (χ0n) is 10.6. The largest absolute Gasteiger partial charge is 0.504 e. The zero-order chi connectivity index (χ0) is 15.0. The second-order valence-electron chi connectivity index (χ2n) is 4.46. The molecular formula is C16H8Cl2N2O. The number of fused-ring (bicyclic) bond motifs is 1. The van der Waals surface area contributed by atoms with E-state index in [4.69, 9.17) is 28.5 Å². The molecule has 0 atom stereocenters. The molecule has 0 aliphatic heterocycles.